The highest BCUT2D eigenvalue weighted by Gasteiger charge is 2.36. The molecule has 0 aliphatic heterocycles. The topological polar surface area (TPSA) is 67.9 Å². The van der Waals surface area contributed by atoms with Gasteiger partial charge in [-0.15, -0.1) is 0 Å². The van der Waals surface area contributed by atoms with E-state index in [-0.39, 0.29) is 23.3 Å². The van der Waals surface area contributed by atoms with Crippen LogP contribution in [0.5, 0.6) is 0 Å². The Morgan fingerprint density at radius 2 is 1.73 bits per heavy atom. The van der Waals surface area contributed by atoms with Crippen LogP contribution >= 0.6 is 11.6 Å². The SMILES string of the molecule is CCCC(N(NC(=O)c1cccc(B(OC)OC(C)(C)C)c1C)C(=O)c1cc(C)cc(Cl)c1)C(C)(C)C. The van der Waals surface area contributed by atoms with Crippen LogP contribution in [0.3, 0.4) is 0 Å². The van der Waals surface area contributed by atoms with Crippen molar-refractivity contribution in [3.63, 3.8) is 0 Å². The van der Waals surface area contributed by atoms with Gasteiger partial charge in [-0.3, -0.25) is 15.0 Å². The summed E-state index contributed by atoms with van der Waals surface area (Å²) in [7, 11) is 0.941. The number of carbonyl (C=O) groups excluding carboxylic acids is 2. The number of carbonyl (C=O) groups is 2. The maximum Gasteiger partial charge on any atom is 0.494 e. The van der Waals surface area contributed by atoms with Crippen molar-refractivity contribution in [2.45, 2.75) is 86.8 Å². The number of hydrogen-bond acceptors (Lipinski definition) is 4. The molecule has 0 aliphatic rings. The third-order valence-corrected chi connectivity index (χ3v) is 6.37. The molecule has 0 radical (unpaired) electrons. The van der Waals surface area contributed by atoms with Gasteiger partial charge in [0.1, 0.15) is 0 Å². The van der Waals surface area contributed by atoms with Gasteiger partial charge in [-0.2, -0.15) is 0 Å². The molecule has 0 saturated heterocycles. The molecule has 0 heterocycles. The first-order chi connectivity index (χ1) is 17.1. The fraction of sp³-hybridized carbons (Fsp3) is 0.517. The van der Waals surface area contributed by atoms with E-state index >= 15 is 0 Å². The summed E-state index contributed by atoms with van der Waals surface area (Å²) in [5.41, 5.74) is 5.46. The highest BCUT2D eigenvalue weighted by atomic mass is 35.5. The summed E-state index contributed by atoms with van der Waals surface area (Å²) < 4.78 is 11.7. The quantitative estimate of drug-likeness (QED) is 0.331. The fourth-order valence-corrected chi connectivity index (χ4v) is 4.67. The Bertz CT molecular complexity index is 1090. The van der Waals surface area contributed by atoms with Crippen molar-refractivity contribution in [3.8, 4) is 0 Å². The molecule has 1 atom stereocenters. The van der Waals surface area contributed by atoms with Crippen LogP contribution in [0.25, 0.3) is 0 Å². The average Bonchev–Trinajstić information content (AvgIpc) is 2.77. The molecule has 1 unspecified atom stereocenters. The molecule has 6 nitrogen and oxygen atoms in total. The normalized spacial score (nSPS) is 12.7. The summed E-state index contributed by atoms with van der Waals surface area (Å²) in [4.78, 5) is 27.6. The molecule has 0 aliphatic carbocycles. The lowest BCUT2D eigenvalue weighted by Crippen LogP contribution is -2.56. The van der Waals surface area contributed by atoms with E-state index in [0.717, 1.165) is 29.4 Å². The van der Waals surface area contributed by atoms with E-state index < -0.39 is 12.7 Å². The smallest absolute Gasteiger partial charge is 0.410 e. The van der Waals surface area contributed by atoms with Gasteiger partial charge in [0.05, 0.1) is 6.04 Å². The summed E-state index contributed by atoms with van der Waals surface area (Å²) in [5, 5.41) is 1.97. The first-order valence-corrected chi connectivity index (χ1v) is 13.2. The predicted octanol–water partition coefficient (Wildman–Crippen LogP) is 6.12. The van der Waals surface area contributed by atoms with Gasteiger partial charge >= 0.3 is 7.12 Å². The molecule has 0 bridgehead atoms. The molecule has 0 fully saturated rings. The second-order valence-electron chi connectivity index (χ2n) is 11.6. The number of nitrogens with one attached hydrogen (secondary N) is 1. The number of hydrogen-bond donors (Lipinski definition) is 1. The molecule has 0 saturated carbocycles. The van der Waals surface area contributed by atoms with Gasteiger partial charge in [-0.25, -0.2) is 5.01 Å². The van der Waals surface area contributed by atoms with Gasteiger partial charge in [0.15, 0.2) is 0 Å². The average molecular weight is 529 g/mol. The Kier molecular flexibility index (Phi) is 10.4. The first-order valence-electron chi connectivity index (χ1n) is 12.8. The number of halogens is 1. The number of aryl methyl sites for hydroxylation is 1. The van der Waals surface area contributed by atoms with E-state index in [1.807, 2.05) is 40.7 Å². The van der Waals surface area contributed by atoms with Gasteiger partial charge in [0.25, 0.3) is 11.8 Å². The number of benzene rings is 2. The minimum absolute atomic E-state index is 0.243. The van der Waals surface area contributed by atoms with Crippen LogP contribution in [0, 0.1) is 19.3 Å². The van der Waals surface area contributed by atoms with Crippen LogP contribution in [0.2, 0.25) is 5.02 Å². The van der Waals surface area contributed by atoms with E-state index in [9.17, 15) is 9.59 Å². The number of amides is 2. The summed E-state index contributed by atoms with van der Waals surface area (Å²) in [5.74, 6) is -0.672. The maximum absolute atomic E-state index is 13.9. The Labute approximate surface area is 228 Å². The van der Waals surface area contributed by atoms with Gasteiger partial charge in [-0.05, 0) is 87.3 Å². The van der Waals surface area contributed by atoms with E-state index in [0.29, 0.717) is 16.1 Å². The van der Waals surface area contributed by atoms with Crippen LogP contribution in [0.4, 0.5) is 0 Å². The zero-order valence-electron chi connectivity index (χ0n) is 24.0. The predicted molar refractivity (Wildman–Crippen MR) is 152 cm³/mol. The molecule has 0 aromatic heterocycles. The van der Waals surface area contributed by atoms with E-state index in [1.54, 1.807) is 37.4 Å². The minimum Gasteiger partial charge on any atom is -0.410 e. The highest BCUT2D eigenvalue weighted by Crippen LogP contribution is 2.29. The largest absolute Gasteiger partial charge is 0.494 e. The van der Waals surface area contributed by atoms with Crippen molar-refractivity contribution in [2.24, 2.45) is 5.41 Å². The van der Waals surface area contributed by atoms with Gasteiger partial charge < -0.3 is 9.31 Å². The molecule has 2 rings (SSSR count). The Balaban J connectivity index is 2.53. The Hall–Kier alpha value is -2.35. The van der Waals surface area contributed by atoms with Crippen molar-refractivity contribution < 1.29 is 18.9 Å². The van der Waals surface area contributed by atoms with Crippen molar-refractivity contribution >= 4 is 36.0 Å². The number of rotatable bonds is 8. The molecule has 0 spiro atoms. The third kappa shape index (κ3) is 8.32. The van der Waals surface area contributed by atoms with Crippen molar-refractivity contribution in [1.82, 2.24) is 10.4 Å². The van der Waals surface area contributed by atoms with Gasteiger partial charge in [-0.1, -0.05) is 57.8 Å². The van der Waals surface area contributed by atoms with Crippen LogP contribution < -0.4 is 10.9 Å². The first kappa shape index (κ1) is 30.9. The molecular weight excluding hydrogens is 487 g/mol. The molecule has 202 valence electrons. The fourth-order valence-electron chi connectivity index (χ4n) is 4.38. The Morgan fingerprint density at radius 3 is 2.24 bits per heavy atom. The second kappa shape index (κ2) is 12.5. The lowest BCUT2D eigenvalue weighted by atomic mass is 9.74. The van der Waals surface area contributed by atoms with Gasteiger partial charge in [0.2, 0.25) is 0 Å². The van der Waals surface area contributed by atoms with Crippen LogP contribution in [0.15, 0.2) is 36.4 Å². The van der Waals surface area contributed by atoms with Crippen LogP contribution in [-0.4, -0.2) is 42.7 Å². The summed E-state index contributed by atoms with van der Waals surface area (Å²) in [6.45, 7) is 17.9. The minimum atomic E-state index is -0.637. The Morgan fingerprint density at radius 1 is 1.08 bits per heavy atom. The molecule has 2 amide bonds. The van der Waals surface area contributed by atoms with Crippen molar-refractivity contribution in [1.29, 1.82) is 0 Å². The van der Waals surface area contributed by atoms with E-state index in [4.69, 9.17) is 20.9 Å². The number of hydrazine groups is 1. The molecule has 8 heteroatoms. The monoisotopic (exact) mass is 528 g/mol. The van der Waals surface area contributed by atoms with E-state index in [1.165, 1.54) is 5.01 Å². The lowest BCUT2D eigenvalue weighted by molar-refractivity contribution is 0.0271. The molecule has 2 aromatic carbocycles. The van der Waals surface area contributed by atoms with Crippen molar-refractivity contribution in [2.75, 3.05) is 7.11 Å². The highest BCUT2D eigenvalue weighted by molar-refractivity contribution is 6.62. The number of nitrogens with zero attached hydrogens (tertiary/aromatic N) is 1. The second-order valence-corrected chi connectivity index (χ2v) is 12.1. The zero-order valence-corrected chi connectivity index (χ0v) is 24.7. The van der Waals surface area contributed by atoms with Crippen molar-refractivity contribution in [3.05, 3.63) is 63.7 Å². The van der Waals surface area contributed by atoms with Crippen LogP contribution in [-0.2, 0) is 9.31 Å². The molecule has 37 heavy (non-hydrogen) atoms. The maximum atomic E-state index is 13.9. The molecular formula is C29H42BClN2O4. The third-order valence-electron chi connectivity index (χ3n) is 6.15. The summed E-state index contributed by atoms with van der Waals surface area (Å²) in [6.07, 6.45) is 1.57. The summed E-state index contributed by atoms with van der Waals surface area (Å²) >= 11 is 6.28. The van der Waals surface area contributed by atoms with Crippen LogP contribution in [0.1, 0.15) is 93.2 Å². The molecule has 1 N–H and O–H groups in total. The van der Waals surface area contributed by atoms with Gasteiger partial charge in [0, 0.05) is 28.9 Å². The lowest BCUT2D eigenvalue weighted by Gasteiger charge is -2.40. The summed E-state index contributed by atoms with van der Waals surface area (Å²) in [6, 6.07) is 10.4. The van der Waals surface area contributed by atoms with E-state index in [2.05, 4.69) is 33.1 Å². The standard InChI is InChI=1S/C29H42BClN2O4/c1-11-13-25(28(4,5)6)33(27(35)21-16-19(2)17-22(31)18-21)32-26(34)23-14-12-15-24(20(23)3)30(36-10)37-29(7,8)9/h12,14-18,25H,11,13H2,1-10H3,(H,32,34). The molecule has 2 aromatic rings. The zero-order chi connectivity index (χ0) is 28.1.